The van der Waals surface area contributed by atoms with Gasteiger partial charge in [0.15, 0.2) is 10.9 Å². The van der Waals surface area contributed by atoms with Crippen LogP contribution in [0.4, 0.5) is 5.69 Å². The second-order valence-electron chi connectivity index (χ2n) is 9.53. The Morgan fingerprint density at radius 2 is 1.67 bits per heavy atom. The maximum Gasteiger partial charge on any atom is 0.234 e. The number of nitrogens with zero attached hydrogens (tertiary/aromatic N) is 3. The summed E-state index contributed by atoms with van der Waals surface area (Å²) >= 11 is 1.43. The molecule has 158 valence electrons. The standard InChI is InChI=1S/C23H28N4O2S/c1-14(28)18-3-5-19(6-4-18)24-20(29)13-30-22-26-25-21(27(22)2)23-10-15-7-16(11-23)9-17(8-15)12-23/h3-6,15-17H,7-13H2,1-2H3,(H,24,29). The zero-order valence-electron chi connectivity index (χ0n) is 17.6. The summed E-state index contributed by atoms with van der Waals surface area (Å²) in [4.78, 5) is 23.8. The highest BCUT2D eigenvalue weighted by molar-refractivity contribution is 7.99. The number of hydrogen-bond acceptors (Lipinski definition) is 5. The third kappa shape index (κ3) is 3.57. The summed E-state index contributed by atoms with van der Waals surface area (Å²) in [6.45, 7) is 1.53. The average molecular weight is 425 g/mol. The summed E-state index contributed by atoms with van der Waals surface area (Å²) in [5, 5.41) is 12.8. The molecule has 6 nitrogen and oxygen atoms in total. The number of anilines is 1. The summed E-state index contributed by atoms with van der Waals surface area (Å²) in [6, 6.07) is 6.97. The van der Waals surface area contributed by atoms with E-state index >= 15 is 0 Å². The van der Waals surface area contributed by atoms with Gasteiger partial charge in [0.25, 0.3) is 0 Å². The smallest absolute Gasteiger partial charge is 0.234 e. The van der Waals surface area contributed by atoms with E-state index in [2.05, 4.69) is 27.1 Å². The van der Waals surface area contributed by atoms with Crippen molar-refractivity contribution in [1.29, 1.82) is 0 Å². The zero-order chi connectivity index (χ0) is 20.9. The van der Waals surface area contributed by atoms with Crippen molar-refractivity contribution in [2.24, 2.45) is 24.8 Å². The van der Waals surface area contributed by atoms with Crippen molar-refractivity contribution in [2.45, 2.75) is 56.0 Å². The lowest BCUT2D eigenvalue weighted by Gasteiger charge is -2.56. The number of aromatic nitrogens is 3. The highest BCUT2D eigenvalue weighted by atomic mass is 32.2. The fourth-order valence-electron chi connectivity index (χ4n) is 6.40. The lowest BCUT2D eigenvalue weighted by Crippen LogP contribution is -2.49. The summed E-state index contributed by atoms with van der Waals surface area (Å²) in [6.07, 6.45) is 8.00. The monoisotopic (exact) mass is 424 g/mol. The number of rotatable bonds is 6. The lowest BCUT2D eigenvalue weighted by atomic mass is 9.49. The molecule has 1 N–H and O–H groups in total. The van der Waals surface area contributed by atoms with Gasteiger partial charge in [-0.2, -0.15) is 0 Å². The number of carbonyl (C=O) groups excluding carboxylic acids is 2. The van der Waals surface area contributed by atoms with Crippen LogP contribution >= 0.6 is 11.8 Å². The van der Waals surface area contributed by atoms with Crippen LogP contribution in [0.15, 0.2) is 29.4 Å². The second-order valence-corrected chi connectivity index (χ2v) is 10.5. The molecule has 30 heavy (non-hydrogen) atoms. The highest BCUT2D eigenvalue weighted by Crippen LogP contribution is 2.60. The van der Waals surface area contributed by atoms with Gasteiger partial charge < -0.3 is 9.88 Å². The molecule has 1 heterocycles. The molecular weight excluding hydrogens is 396 g/mol. The van der Waals surface area contributed by atoms with E-state index in [1.54, 1.807) is 24.3 Å². The van der Waals surface area contributed by atoms with Crippen LogP contribution in [0.25, 0.3) is 0 Å². The van der Waals surface area contributed by atoms with Crippen molar-refractivity contribution in [3.05, 3.63) is 35.7 Å². The van der Waals surface area contributed by atoms with Gasteiger partial charge in [0.05, 0.1) is 5.75 Å². The van der Waals surface area contributed by atoms with Crippen LogP contribution in [-0.4, -0.2) is 32.2 Å². The van der Waals surface area contributed by atoms with Crippen LogP contribution in [0, 0.1) is 17.8 Å². The van der Waals surface area contributed by atoms with Gasteiger partial charge in [-0.15, -0.1) is 10.2 Å². The Labute approximate surface area is 181 Å². The normalized spacial score (nSPS) is 29.2. The predicted octanol–water partition coefficient (Wildman–Crippen LogP) is 4.22. The van der Waals surface area contributed by atoms with Crippen molar-refractivity contribution in [3.8, 4) is 0 Å². The van der Waals surface area contributed by atoms with Crippen LogP contribution in [0.2, 0.25) is 0 Å². The maximum atomic E-state index is 12.4. The molecular formula is C23H28N4O2S. The molecule has 0 radical (unpaired) electrons. The first kappa shape index (κ1) is 19.8. The first-order valence-electron chi connectivity index (χ1n) is 10.9. The molecule has 0 saturated heterocycles. The molecule has 6 rings (SSSR count). The van der Waals surface area contributed by atoms with Gasteiger partial charge >= 0.3 is 0 Å². The number of nitrogens with one attached hydrogen (secondary N) is 1. The van der Waals surface area contributed by atoms with E-state index < -0.39 is 0 Å². The van der Waals surface area contributed by atoms with Gasteiger partial charge in [-0.1, -0.05) is 11.8 Å². The van der Waals surface area contributed by atoms with Crippen molar-refractivity contribution >= 4 is 29.1 Å². The summed E-state index contributed by atoms with van der Waals surface area (Å²) < 4.78 is 2.13. The fourth-order valence-corrected chi connectivity index (χ4v) is 7.11. The molecule has 4 aliphatic rings. The minimum absolute atomic E-state index is 0.0144. The van der Waals surface area contributed by atoms with E-state index in [1.807, 2.05) is 0 Å². The molecule has 1 aromatic heterocycles. The molecule has 2 aromatic rings. The molecule has 0 unspecified atom stereocenters. The molecule has 4 fully saturated rings. The number of Topliss-reactive ketones (excluding diaryl/α,β-unsaturated/α-hetero) is 1. The number of amides is 1. The van der Waals surface area contributed by atoms with Crippen LogP contribution < -0.4 is 5.32 Å². The quantitative estimate of drug-likeness (QED) is 0.555. The molecule has 0 aliphatic heterocycles. The Morgan fingerprint density at radius 1 is 1.07 bits per heavy atom. The zero-order valence-corrected chi connectivity index (χ0v) is 18.4. The molecule has 1 amide bonds. The van der Waals surface area contributed by atoms with Crippen LogP contribution in [0.3, 0.4) is 0 Å². The third-order valence-corrected chi connectivity index (χ3v) is 8.28. The minimum Gasteiger partial charge on any atom is -0.325 e. The van der Waals surface area contributed by atoms with Crippen molar-refractivity contribution in [3.63, 3.8) is 0 Å². The summed E-state index contributed by atoms with van der Waals surface area (Å²) in [7, 11) is 2.05. The van der Waals surface area contributed by atoms with Gasteiger partial charge in [0, 0.05) is 23.7 Å². The first-order valence-corrected chi connectivity index (χ1v) is 11.8. The van der Waals surface area contributed by atoms with Gasteiger partial charge in [-0.3, -0.25) is 9.59 Å². The van der Waals surface area contributed by atoms with Gasteiger partial charge in [0.2, 0.25) is 5.91 Å². The lowest BCUT2D eigenvalue weighted by molar-refractivity contribution is -0.113. The predicted molar refractivity (Wildman–Crippen MR) is 117 cm³/mol. The van der Waals surface area contributed by atoms with Crippen molar-refractivity contribution < 1.29 is 9.59 Å². The third-order valence-electron chi connectivity index (χ3n) is 7.26. The first-order chi connectivity index (χ1) is 14.4. The molecule has 4 bridgehead atoms. The molecule has 4 saturated carbocycles. The highest BCUT2D eigenvalue weighted by Gasteiger charge is 2.53. The van der Waals surface area contributed by atoms with Gasteiger partial charge in [0.1, 0.15) is 5.82 Å². The van der Waals surface area contributed by atoms with E-state index in [4.69, 9.17) is 0 Å². The number of hydrogen-bond donors (Lipinski definition) is 1. The number of ketones is 1. The largest absolute Gasteiger partial charge is 0.325 e. The van der Waals surface area contributed by atoms with Crippen LogP contribution in [-0.2, 0) is 17.3 Å². The number of benzene rings is 1. The van der Waals surface area contributed by atoms with Crippen molar-refractivity contribution in [2.75, 3.05) is 11.1 Å². The Hall–Kier alpha value is -2.15. The molecule has 4 aliphatic carbocycles. The van der Waals surface area contributed by atoms with E-state index in [1.165, 1.54) is 57.2 Å². The second kappa shape index (κ2) is 7.52. The Bertz CT molecular complexity index is 946. The number of carbonyl (C=O) groups is 2. The molecule has 0 atom stereocenters. The minimum atomic E-state index is -0.0880. The Balaban J connectivity index is 1.23. The SMILES string of the molecule is CC(=O)c1ccc(NC(=O)CSc2nnc(C34CC5CC(CC(C5)C3)C4)n2C)cc1. The molecule has 1 aromatic carbocycles. The van der Waals surface area contributed by atoms with Gasteiger partial charge in [-0.05, 0) is 87.5 Å². The summed E-state index contributed by atoms with van der Waals surface area (Å²) in [5.74, 6) is 3.93. The average Bonchev–Trinajstić information content (AvgIpc) is 3.07. The Morgan fingerprint density at radius 3 is 2.23 bits per heavy atom. The van der Waals surface area contributed by atoms with E-state index in [0.717, 1.165) is 28.7 Å². The van der Waals surface area contributed by atoms with E-state index in [-0.39, 0.29) is 22.9 Å². The topological polar surface area (TPSA) is 76.9 Å². The van der Waals surface area contributed by atoms with E-state index in [0.29, 0.717) is 11.3 Å². The summed E-state index contributed by atoms with van der Waals surface area (Å²) in [5.41, 5.74) is 1.53. The van der Waals surface area contributed by atoms with E-state index in [9.17, 15) is 9.59 Å². The number of thioether (sulfide) groups is 1. The fraction of sp³-hybridized carbons (Fsp3) is 0.565. The molecule has 7 heteroatoms. The van der Waals surface area contributed by atoms with Crippen LogP contribution in [0.5, 0.6) is 0 Å². The maximum absolute atomic E-state index is 12.4. The van der Waals surface area contributed by atoms with Gasteiger partial charge in [-0.25, -0.2) is 0 Å². The molecule has 0 spiro atoms. The van der Waals surface area contributed by atoms with Crippen LogP contribution in [0.1, 0.15) is 61.6 Å². The Kier molecular flexibility index (Phi) is 4.96. The van der Waals surface area contributed by atoms with Crippen molar-refractivity contribution in [1.82, 2.24) is 14.8 Å².